The number of nitrogens with zero attached hydrogens (tertiary/aromatic N) is 1. The van der Waals surface area contributed by atoms with Gasteiger partial charge in [-0.1, -0.05) is 6.07 Å². The van der Waals surface area contributed by atoms with E-state index in [1.807, 2.05) is 26.2 Å². The van der Waals surface area contributed by atoms with E-state index in [1.165, 1.54) is 12.8 Å². The first kappa shape index (κ1) is 16.4. The van der Waals surface area contributed by atoms with E-state index in [4.69, 9.17) is 4.74 Å². The molecule has 0 aromatic heterocycles. The van der Waals surface area contributed by atoms with Crippen molar-refractivity contribution in [3.8, 4) is 0 Å². The smallest absolute Gasteiger partial charge is 0.128 e. The van der Waals surface area contributed by atoms with Crippen molar-refractivity contribution >= 4 is 0 Å². The first-order valence-corrected chi connectivity index (χ1v) is 7.64. The molecule has 0 aliphatic heterocycles. The molecular weight excluding hydrogens is 267 g/mol. The Morgan fingerprint density at radius 3 is 2.67 bits per heavy atom. The summed E-state index contributed by atoms with van der Waals surface area (Å²) >= 11 is 0. The van der Waals surface area contributed by atoms with Gasteiger partial charge in [-0.05, 0) is 58.5 Å². The zero-order chi connectivity index (χ0) is 15.5. The molecule has 0 saturated heterocycles. The lowest BCUT2D eigenvalue weighted by atomic mass is 10.1. The van der Waals surface area contributed by atoms with Crippen LogP contribution in [0.25, 0.3) is 0 Å². The summed E-state index contributed by atoms with van der Waals surface area (Å²) in [7, 11) is 4.04. The number of nitrogens with one attached hydrogen (secondary N) is 1. The largest absolute Gasteiger partial charge is 0.375 e. The first-order valence-electron chi connectivity index (χ1n) is 7.64. The third kappa shape index (κ3) is 5.06. The minimum atomic E-state index is -0.187. The van der Waals surface area contributed by atoms with Crippen LogP contribution in [0.4, 0.5) is 4.39 Å². The molecule has 1 aromatic rings. The number of hydrogen-bond acceptors (Lipinski definition) is 3. The summed E-state index contributed by atoms with van der Waals surface area (Å²) in [6, 6.07) is 5.96. The van der Waals surface area contributed by atoms with Crippen molar-refractivity contribution in [2.24, 2.45) is 0 Å². The Labute approximate surface area is 127 Å². The van der Waals surface area contributed by atoms with Gasteiger partial charge in [0.1, 0.15) is 5.82 Å². The van der Waals surface area contributed by atoms with E-state index in [9.17, 15) is 4.39 Å². The molecule has 1 aliphatic carbocycles. The van der Waals surface area contributed by atoms with Crippen LogP contribution in [-0.2, 0) is 17.9 Å². The summed E-state index contributed by atoms with van der Waals surface area (Å²) in [6.07, 6.45) is 2.52. The molecule has 21 heavy (non-hydrogen) atoms. The van der Waals surface area contributed by atoms with Crippen LogP contribution in [0.1, 0.15) is 37.8 Å². The monoisotopic (exact) mass is 294 g/mol. The lowest BCUT2D eigenvalue weighted by Gasteiger charge is -2.32. The minimum Gasteiger partial charge on any atom is -0.375 e. The van der Waals surface area contributed by atoms with E-state index in [0.29, 0.717) is 24.8 Å². The molecule has 118 valence electrons. The summed E-state index contributed by atoms with van der Waals surface area (Å²) in [5.74, 6) is -0.187. The number of benzene rings is 1. The number of likely N-dealkylation sites (N-methyl/N-ethyl adjacent to an activating group) is 1. The van der Waals surface area contributed by atoms with E-state index in [0.717, 1.165) is 12.1 Å². The van der Waals surface area contributed by atoms with E-state index in [2.05, 4.69) is 24.1 Å². The molecule has 0 heterocycles. The molecule has 1 N–H and O–H groups in total. The minimum absolute atomic E-state index is 0.0540. The molecule has 3 nitrogen and oxygen atoms in total. The van der Waals surface area contributed by atoms with Gasteiger partial charge in [-0.15, -0.1) is 0 Å². The lowest BCUT2D eigenvalue weighted by molar-refractivity contribution is 0.0264. The number of rotatable bonds is 8. The molecule has 2 rings (SSSR count). The SMILES string of the molecule is CN(C)C(C)(C)COCc1cc(CNC2CC2)ccc1F. The van der Waals surface area contributed by atoms with Crippen molar-refractivity contribution in [1.82, 2.24) is 10.2 Å². The maximum absolute atomic E-state index is 13.8. The zero-order valence-corrected chi connectivity index (χ0v) is 13.6. The summed E-state index contributed by atoms with van der Waals surface area (Å²) in [4.78, 5) is 2.11. The summed E-state index contributed by atoms with van der Waals surface area (Å²) in [6.45, 7) is 5.92. The maximum Gasteiger partial charge on any atom is 0.128 e. The maximum atomic E-state index is 13.8. The Morgan fingerprint density at radius 2 is 2.05 bits per heavy atom. The van der Waals surface area contributed by atoms with Crippen LogP contribution in [0.3, 0.4) is 0 Å². The van der Waals surface area contributed by atoms with Gasteiger partial charge in [0.2, 0.25) is 0 Å². The van der Waals surface area contributed by atoms with Gasteiger partial charge in [0, 0.05) is 23.7 Å². The Kier molecular flexibility index (Phi) is 5.36. The van der Waals surface area contributed by atoms with Gasteiger partial charge >= 0.3 is 0 Å². The van der Waals surface area contributed by atoms with Gasteiger partial charge in [0.25, 0.3) is 0 Å². The van der Waals surface area contributed by atoms with Gasteiger partial charge in [-0.25, -0.2) is 4.39 Å². The number of hydrogen-bond donors (Lipinski definition) is 1. The van der Waals surface area contributed by atoms with Crippen molar-refractivity contribution in [2.45, 2.75) is 51.4 Å². The highest BCUT2D eigenvalue weighted by Crippen LogP contribution is 2.20. The molecule has 1 saturated carbocycles. The van der Waals surface area contributed by atoms with Crippen molar-refractivity contribution in [1.29, 1.82) is 0 Å². The van der Waals surface area contributed by atoms with Crippen LogP contribution in [0, 0.1) is 5.82 Å². The van der Waals surface area contributed by atoms with Crippen molar-refractivity contribution in [3.63, 3.8) is 0 Å². The normalized spacial score (nSPS) is 15.7. The van der Waals surface area contributed by atoms with E-state index < -0.39 is 0 Å². The standard InChI is InChI=1S/C17H27FN2O/c1-17(2,20(3)4)12-21-11-14-9-13(5-8-16(14)18)10-19-15-6-7-15/h5,8-9,15,19H,6-7,10-12H2,1-4H3. The Hall–Kier alpha value is -0.970. The van der Waals surface area contributed by atoms with Gasteiger partial charge in [-0.3, -0.25) is 0 Å². The third-order valence-corrected chi connectivity index (χ3v) is 4.21. The van der Waals surface area contributed by atoms with Crippen LogP contribution in [0.15, 0.2) is 18.2 Å². The molecule has 0 radical (unpaired) electrons. The fourth-order valence-corrected chi connectivity index (χ4v) is 1.94. The molecule has 0 atom stereocenters. The molecule has 0 amide bonds. The number of ether oxygens (including phenoxy) is 1. The van der Waals surface area contributed by atoms with Gasteiger partial charge in [-0.2, -0.15) is 0 Å². The molecule has 4 heteroatoms. The quantitative estimate of drug-likeness (QED) is 0.798. The zero-order valence-electron chi connectivity index (χ0n) is 13.6. The van der Waals surface area contributed by atoms with Crippen LogP contribution < -0.4 is 5.32 Å². The second-order valence-electron chi connectivity index (χ2n) is 6.78. The molecular formula is C17H27FN2O. The summed E-state index contributed by atoms with van der Waals surface area (Å²) in [5.41, 5.74) is 1.70. The fourth-order valence-electron chi connectivity index (χ4n) is 1.94. The number of halogens is 1. The van der Waals surface area contributed by atoms with Gasteiger partial charge in [0.15, 0.2) is 0 Å². The second kappa shape index (κ2) is 6.86. The first-order chi connectivity index (χ1) is 9.88. The average molecular weight is 294 g/mol. The highest BCUT2D eigenvalue weighted by Gasteiger charge is 2.21. The highest BCUT2D eigenvalue weighted by molar-refractivity contribution is 5.24. The summed E-state index contributed by atoms with van der Waals surface area (Å²) < 4.78 is 19.6. The molecule has 0 bridgehead atoms. The Balaban J connectivity index is 1.87. The van der Waals surface area contributed by atoms with Gasteiger partial charge < -0.3 is 15.0 Å². The van der Waals surface area contributed by atoms with Crippen molar-refractivity contribution in [3.05, 3.63) is 35.1 Å². The predicted molar refractivity (Wildman–Crippen MR) is 83.7 cm³/mol. The molecule has 0 unspecified atom stereocenters. The van der Waals surface area contributed by atoms with Crippen LogP contribution in [0.5, 0.6) is 0 Å². The highest BCUT2D eigenvalue weighted by atomic mass is 19.1. The fraction of sp³-hybridized carbons (Fsp3) is 0.647. The average Bonchev–Trinajstić information content (AvgIpc) is 3.23. The van der Waals surface area contributed by atoms with Crippen molar-refractivity contribution < 1.29 is 9.13 Å². The Morgan fingerprint density at radius 1 is 1.33 bits per heavy atom. The third-order valence-electron chi connectivity index (χ3n) is 4.21. The molecule has 0 spiro atoms. The van der Waals surface area contributed by atoms with E-state index in [-0.39, 0.29) is 11.4 Å². The van der Waals surface area contributed by atoms with Crippen LogP contribution in [-0.4, -0.2) is 37.2 Å². The van der Waals surface area contributed by atoms with Crippen LogP contribution in [0.2, 0.25) is 0 Å². The van der Waals surface area contributed by atoms with E-state index in [1.54, 1.807) is 6.07 Å². The molecule has 1 aromatic carbocycles. The van der Waals surface area contributed by atoms with Crippen molar-refractivity contribution in [2.75, 3.05) is 20.7 Å². The second-order valence-corrected chi connectivity index (χ2v) is 6.78. The molecule has 1 fully saturated rings. The van der Waals surface area contributed by atoms with Crippen LogP contribution >= 0.6 is 0 Å². The lowest BCUT2D eigenvalue weighted by Crippen LogP contribution is -2.42. The topological polar surface area (TPSA) is 24.5 Å². The molecule has 1 aliphatic rings. The predicted octanol–water partition coefficient (Wildman–Crippen LogP) is 2.93. The Bertz CT molecular complexity index is 470. The summed E-state index contributed by atoms with van der Waals surface area (Å²) in [5, 5.41) is 3.44. The van der Waals surface area contributed by atoms with Gasteiger partial charge in [0.05, 0.1) is 13.2 Å². The van der Waals surface area contributed by atoms with E-state index >= 15 is 0 Å².